The maximum Gasteiger partial charge on any atom is 0.277 e. The molecule has 1 aromatic carbocycles. The number of nitrogens with one attached hydrogen (secondary N) is 1. The summed E-state index contributed by atoms with van der Waals surface area (Å²) in [6.07, 6.45) is 0. The Morgan fingerprint density at radius 3 is 2.74 bits per heavy atom. The van der Waals surface area contributed by atoms with Crippen LogP contribution < -0.4 is 11.1 Å². The monoisotopic (exact) mass is 328 g/mol. The van der Waals surface area contributed by atoms with Crippen molar-refractivity contribution >= 4 is 40.9 Å². The Morgan fingerprint density at radius 1 is 1.42 bits per heavy atom. The summed E-state index contributed by atoms with van der Waals surface area (Å²) in [6.45, 7) is -1.58. The van der Waals surface area contributed by atoms with Crippen molar-refractivity contribution in [2.75, 3.05) is 18.8 Å². The van der Waals surface area contributed by atoms with E-state index in [1.54, 1.807) is 18.2 Å². The van der Waals surface area contributed by atoms with Gasteiger partial charge in [-0.2, -0.15) is 0 Å². The van der Waals surface area contributed by atoms with E-state index in [1.165, 1.54) is 0 Å². The van der Waals surface area contributed by atoms with Gasteiger partial charge in [-0.1, -0.05) is 23.2 Å². The van der Waals surface area contributed by atoms with Crippen LogP contribution in [-0.2, 0) is 4.79 Å². The molecule has 1 amide bonds. The van der Waals surface area contributed by atoms with Crippen LogP contribution in [0.3, 0.4) is 0 Å². The van der Waals surface area contributed by atoms with Gasteiger partial charge in [0.25, 0.3) is 5.92 Å². The lowest BCUT2D eigenvalue weighted by atomic mass is 10.3. The highest BCUT2D eigenvalue weighted by Gasteiger charge is 2.27. The molecule has 0 radical (unpaired) electrons. The van der Waals surface area contributed by atoms with Crippen molar-refractivity contribution in [3.63, 3.8) is 0 Å². The number of carbonyl (C=O) groups excluding carboxylic acids is 1. The van der Waals surface area contributed by atoms with Gasteiger partial charge in [-0.15, -0.1) is 11.8 Å². The van der Waals surface area contributed by atoms with Gasteiger partial charge in [-0.25, -0.2) is 8.78 Å². The molecule has 106 valence electrons. The molecule has 0 saturated heterocycles. The SMILES string of the molecule is NCC(F)(F)CNC(=O)CSc1cc(Cl)ccc1Cl. The maximum atomic E-state index is 12.8. The molecule has 3 N–H and O–H groups in total. The van der Waals surface area contributed by atoms with Crippen LogP contribution in [0.25, 0.3) is 0 Å². The van der Waals surface area contributed by atoms with E-state index >= 15 is 0 Å². The van der Waals surface area contributed by atoms with Gasteiger partial charge in [0, 0.05) is 9.92 Å². The number of benzene rings is 1. The van der Waals surface area contributed by atoms with Crippen molar-refractivity contribution in [3.05, 3.63) is 28.2 Å². The summed E-state index contributed by atoms with van der Waals surface area (Å²) in [7, 11) is 0. The number of alkyl halides is 2. The van der Waals surface area contributed by atoms with E-state index in [9.17, 15) is 13.6 Å². The molecule has 0 aromatic heterocycles. The van der Waals surface area contributed by atoms with Gasteiger partial charge < -0.3 is 11.1 Å². The second-order valence-corrected chi connectivity index (χ2v) is 5.56. The molecule has 0 spiro atoms. The van der Waals surface area contributed by atoms with Crippen molar-refractivity contribution in [2.45, 2.75) is 10.8 Å². The molecular formula is C11H12Cl2F2N2OS. The number of thioether (sulfide) groups is 1. The quantitative estimate of drug-likeness (QED) is 0.789. The van der Waals surface area contributed by atoms with E-state index in [0.29, 0.717) is 14.9 Å². The highest BCUT2D eigenvalue weighted by molar-refractivity contribution is 8.00. The number of carbonyl (C=O) groups is 1. The fraction of sp³-hybridized carbons (Fsp3) is 0.364. The molecule has 0 aliphatic rings. The van der Waals surface area contributed by atoms with Gasteiger partial charge in [-0.3, -0.25) is 4.79 Å². The van der Waals surface area contributed by atoms with Crippen LogP contribution >= 0.6 is 35.0 Å². The van der Waals surface area contributed by atoms with Crippen LogP contribution in [0.2, 0.25) is 10.0 Å². The van der Waals surface area contributed by atoms with Crippen molar-refractivity contribution < 1.29 is 13.6 Å². The fourth-order valence-electron chi connectivity index (χ4n) is 1.08. The zero-order valence-electron chi connectivity index (χ0n) is 9.76. The number of rotatable bonds is 6. The molecule has 0 fully saturated rings. The summed E-state index contributed by atoms with van der Waals surface area (Å²) in [5.74, 6) is -3.64. The largest absolute Gasteiger partial charge is 0.349 e. The van der Waals surface area contributed by atoms with Crippen molar-refractivity contribution in [2.24, 2.45) is 5.73 Å². The zero-order valence-corrected chi connectivity index (χ0v) is 12.1. The predicted molar refractivity (Wildman–Crippen MR) is 74.2 cm³/mol. The number of nitrogens with two attached hydrogens (primary N) is 1. The third kappa shape index (κ3) is 5.95. The normalized spacial score (nSPS) is 11.4. The molecule has 0 atom stereocenters. The molecule has 19 heavy (non-hydrogen) atoms. The van der Waals surface area contributed by atoms with Gasteiger partial charge in [0.15, 0.2) is 0 Å². The number of amides is 1. The summed E-state index contributed by atoms with van der Waals surface area (Å²) in [5.41, 5.74) is 4.86. The summed E-state index contributed by atoms with van der Waals surface area (Å²) in [6, 6.07) is 4.83. The molecule has 1 aromatic rings. The molecule has 0 unspecified atom stereocenters. The average molecular weight is 329 g/mol. The average Bonchev–Trinajstić information content (AvgIpc) is 2.37. The summed E-state index contributed by atoms with van der Waals surface area (Å²) < 4.78 is 25.6. The lowest BCUT2D eigenvalue weighted by molar-refractivity contribution is -0.120. The number of hydrogen-bond acceptors (Lipinski definition) is 3. The molecule has 8 heteroatoms. The number of hydrogen-bond donors (Lipinski definition) is 2. The number of halogens is 4. The zero-order chi connectivity index (χ0) is 14.5. The summed E-state index contributed by atoms with van der Waals surface area (Å²) in [4.78, 5) is 12.0. The second-order valence-electron chi connectivity index (χ2n) is 3.70. The Morgan fingerprint density at radius 2 is 2.11 bits per heavy atom. The Labute approximate surface area is 123 Å². The van der Waals surface area contributed by atoms with Gasteiger partial charge in [0.1, 0.15) is 0 Å². The highest BCUT2D eigenvalue weighted by Crippen LogP contribution is 2.29. The van der Waals surface area contributed by atoms with Crippen LogP contribution in [0.15, 0.2) is 23.1 Å². The minimum Gasteiger partial charge on any atom is -0.349 e. The van der Waals surface area contributed by atoms with Crippen LogP contribution in [0, 0.1) is 0 Å². The van der Waals surface area contributed by atoms with Crippen LogP contribution in [0.1, 0.15) is 0 Å². The van der Waals surface area contributed by atoms with Crippen LogP contribution in [0.4, 0.5) is 8.78 Å². The lowest BCUT2D eigenvalue weighted by Crippen LogP contribution is -2.42. The molecule has 0 aliphatic heterocycles. The molecule has 0 heterocycles. The van der Waals surface area contributed by atoms with E-state index in [-0.39, 0.29) is 5.75 Å². The van der Waals surface area contributed by atoms with Crippen molar-refractivity contribution in [3.8, 4) is 0 Å². The highest BCUT2D eigenvalue weighted by atomic mass is 35.5. The molecular weight excluding hydrogens is 317 g/mol. The Bertz CT molecular complexity index is 460. The van der Waals surface area contributed by atoms with Gasteiger partial charge in [0.2, 0.25) is 5.91 Å². The standard InChI is InChI=1S/C11H12Cl2F2N2OS/c12-7-1-2-8(13)9(3-7)19-4-10(18)17-6-11(14,15)5-16/h1-3H,4-6,16H2,(H,17,18). The Balaban J connectivity index is 2.44. The smallest absolute Gasteiger partial charge is 0.277 e. The van der Waals surface area contributed by atoms with Gasteiger partial charge in [-0.05, 0) is 18.2 Å². The third-order valence-electron chi connectivity index (χ3n) is 2.09. The van der Waals surface area contributed by atoms with Crippen molar-refractivity contribution in [1.82, 2.24) is 5.32 Å². The first kappa shape index (κ1) is 16.5. The molecule has 1 rings (SSSR count). The van der Waals surface area contributed by atoms with E-state index in [0.717, 1.165) is 11.8 Å². The van der Waals surface area contributed by atoms with E-state index in [4.69, 9.17) is 28.9 Å². The summed E-state index contributed by atoms with van der Waals surface area (Å²) >= 11 is 12.8. The minimum atomic E-state index is -3.09. The summed E-state index contributed by atoms with van der Waals surface area (Å²) in [5, 5.41) is 3.05. The second kappa shape index (κ2) is 7.28. The third-order valence-corrected chi connectivity index (χ3v) is 3.83. The fourth-order valence-corrected chi connectivity index (χ4v) is 2.41. The topological polar surface area (TPSA) is 55.1 Å². The molecule has 0 bridgehead atoms. The van der Waals surface area contributed by atoms with E-state index < -0.39 is 24.9 Å². The maximum absolute atomic E-state index is 12.8. The van der Waals surface area contributed by atoms with Crippen LogP contribution in [0.5, 0.6) is 0 Å². The van der Waals surface area contributed by atoms with Crippen LogP contribution in [-0.4, -0.2) is 30.7 Å². The van der Waals surface area contributed by atoms with E-state index in [2.05, 4.69) is 5.32 Å². The van der Waals surface area contributed by atoms with Gasteiger partial charge >= 0.3 is 0 Å². The predicted octanol–water partition coefficient (Wildman–Crippen LogP) is 2.80. The Hall–Kier alpha value is -0.560. The first-order valence-corrected chi connectivity index (χ1v) is 7.00. The minimum absolute atomic E-state index is 0.0271. The van der Waals surface area contributed by atoms with Gasteiger partial charge in [0.05, 0.1) is 23.9 Å². The van der Waals surface area contributed by atoms with E-state index in [1.807, 2.05) is 0 Å². The lowest BCUT2D eigenvalue weighted by Gasteiger charge is -2.14. The molecule has 0 saturated carbocycles. The molecule has 0 aliphatic carbocycles. The Kier molecular flexibility index (Phi) is 6.32. The van der Waals surface area contributed by atoms with Crippen molar-refractivity contribution in [1.29, 1.82) is 0 Å². The first-order valence-electron chi connectivity index (χ1n) is 5.26. The first-order chi connectivity index (χ1) is 8.84. The molecule has 3 nitrogen and oxygen atoms in total.